The summed E-state index contributed by atoms with van der Waals surface area (Å²) in [6, 6.07) is 0.469. The summed E-state index contributed by atoms with van der Waals surface area (Å²) in [5.74, 6) is 0.330. The van der Waals surface area contributed by atoms with E-state index in [0.717, 1.165) is 12.8 Å². The van der Waals surface area contributed by atoms with Crippen LogP contribution in [0.5, 0.6) is 0 Å². The van der Waals surface area contributed by atoms with Crippen LogP contribution in [0, 0.1) is 5.41 Å². The van der Waals surface area contributed by atoms with Gasteiger partial charge < -0.3 is 10.6 Å². The second-order valence-electron chi connectivity index (χ2n) is 6.25. The van der Waals surface area contributed by atoms with Crippen molar-refractivity contribution in [1.82, 2.24) is 4.90 Å². The molecule has 0 aromatic carbocycles. The highest BCUT2D eigenvalue weighted by atomic mass is 16.2. The third kappa shape index (κ3) is 2.71. The molecule has 0 aromatic rings. The highest BCUT2D eigenvalue weighted by molar-refractivity contribution is 5.83. The summed E-state index contributed by atoms with van der Waals surface area (Å²) in [5, 5.41) is 0. The minimum Gasteiger partial charge on any atom is -0.342 e. The van der Waals surface area contributed by atoms with Gasteiger partial charge in [-0.15, -0.1) is 0 Å². The monoisotopic (exact) mass is 252 g/mol. The second-order valence-corrected chi connectivity index (χ2v) is 6.25. The molecule has 0 bridgehead atoms. The zero-order chi connectivity index (χ0) is 13.0. The zero-order valence-corrected chi connectivity index (χ0v) is 11.8. The predicted molar refractivity (Wildman–Crippen MR) is 74.2 cm³/mol. The lowest BCUT2D eigenvalue weighted by Crippen LogP contribution is -2.51. The van der Waals surface area contributed by atoms with Crippen molar-refractivity contribution in [2.75, 3.05) is 13.6 Å². The lowest BCUT2D eigenvalue weighted by Gasteiger charge is -2.41. The number of carbonyl (C=O) groups excluding carboxylic acids is 1. The number of amides is 1. The van der Waals surface area contributed by atoms with E-state index in [2.05, 4.69) is 0 Å². The van der Waals surface area contributed by atoms with Gasteiger partial charge in [0.15, 0.2) is 0 Å². The standard InChI is InChI=1S/C15H28N2O/c1-17(13-8-4-2-5-9-13)14(18)15(12-16)10-6-3-7-11-15/h13H,2-12,16H2,1H3. The van der Waals surface area contributed by atoms with Crippen LogP contribution in [0.3, 0.4) is 0 Å². The molecule has 0 spiro atoms. The first-order valence-electron chi connectivity index (χ1n) is 7.67. The molecule has 0 unspecified atom stereocenters. The summed E-state index contributed by atoms with van der Waals surface area (Å²) in [4.78, 5) is 14.8. The number of carbonyl (C=O) groups is 1. The average molecular weight is 252 g/mol. The van der Waals surface area contributed by atoms with E-state index in [1.165, 1.54) is 51.4 Å². The summed E-state index contributed by atoms with van der Waals surface area (Å²) in [6.45, 7) is 0.531. The fourth-order valence-electron chi connectivity index (χ4n) is 3.74. The van der Waals surface area contributed by atoms with E-state index in [1.807, 2.05) is 11.9 Å². The molecule has 2 aliphatic carbocycles. The molecule has 1 amide bonds. The first-order chi connectivity index (χ1) is 8.69. The van der Waals surface area contributed by atoms with Crippen LogP contribution in [0.25, 0.3) is 0 Å². The Labute approximate surface area is 111 Å². The van der Waals surface area contributed by atoms with Gasteiger partial charge in [-0.1, -0.05) is 38.5 Å². The molecular formula is C15H28N2O. The number of rotatable bonds is 3. The number of nitrogens with zero attached hydrogens (tertiary/aromatic N) is 1. The molecule has 2 aliphatic rings. The van der Waals surface area contributed by atoms with Crippen LogP contribution in [0.1, 0.15) is 64.2 Å². The van der Waals surface area contributed by atoms with Crippen molar-refractivity contribution in [3.05, 3.63) is 0 Å². The molecule has 3 nitrogen and oxygen atoms in total. The normalized spacial score (nSPS) is 24.8. The molecule has 18 heavy (non-hydrogen) atoms. The zero-order valence-electron chi connectivity index (χ0n) is 11.8. The molecule has 0 aliphatic heterocycles. The first kappa shape index (κ1) is 13.9. The highest BCUT2D eigenvalue weighted by Gasteiger charge is 2.41. The summed E-state index contributed by atoms with van der Waals surface area (Å²) in [5.41, 5.74) is 5.73. The van der Waals surface area contributed by atoms with Gasteiger partial charge in [0, 0.05) is 19.6 Å². The molecule has 2 saturated carbocycles. The maximum atomic E-state index is 12.8. The van der Waals surface area contributed by atoms with Gasteiger partial charge in [0.25, 0.3) is 0 Å². The van der Waals surface area contributed by atoms with Crippen molar-refractivity contribution in [2.45, 2.75) is 70.3 Å². The number of nitrogens with two attached hydrogens (primary N) is 1. The fourth-order valence-corrected chi connectivity index (χ4v) is 3.74. The summed E-state index contributed by atoms with van der Waals surface area (Å²) in [7, 11) is 2.00. The average Bonchev–Trinajstić information content (AvgIpc) is 2.47. The predicted octanol–water partition coefficient (Wildman–Crippen LogP) is 2.69. The highest BCUT2D eigenvalue weighted by Crippen LogP contribution is 2.38. The van der Waals surface area contributed by atoms with E-state index in [1.54, 1.807) is 0 Å². The lowest BCUT2D eigenvalue weighted by atomic mass is 9.72. The molecule has 104 valence electrons. The van der Waals surface area contributed by atoms with Crippen molar-refractivity contribution in [2.24, 2.45) is 11.1 Å². The van der Waals surface area contributed by atoms with E-state index in [-0.39, 0.29) is 5.41 Å². The van der Waals surface area contributed by atoms with Crippen LogP contribution in [0.4, 0.5) is 0 Å². The van der Waals surface area contributed by atoms with Crippen molar-refractivity contribution in [3.8, 4) is 0 Å². The molecule has 0 aromatic heterocycles. The smallest absolute Gasteiger partial charge is 0.230 e. The number of hydrogen-bond acceptors (Lipinski definition) is 2. The van der Waals surface area contributed by atoms with E-state index in [0.29, 0.717) is 18.5 Å². The van der Waals surface area contributed by atoms with Gasteiger partial charge in [-0.05, 0) is 25.7 Å². The molecule has 2 N–H and O–H groups in total. The Balaban J connectivity index is 2.03. The second kappa shape index (κ2) is 6.05. The summed E-state index contributed by atoms with van der Waals surface area (Å²) < 4.78 is 0. The molecule has 0 atom stereocenters. The number of hydrogen-bond donors (Lipinski definition) is 1. The van der Waals surface area contributed by atoms with E-state index in [9.17, 15) is 4.79 Å². The largest absolute Gasteiger partial charge is 0.342 e. The molecule has 2 fully saturated rings. The third-order valence-electron chi connectivity index (χ3n) is 5.10. The Hall–Kier alpha value is -0.570. The molecule has 2 rings (SSSR count). The Bertz CT molecular complexity index is 278. The van der Waals surface area contributed by atoms with E-state index >= 15 is 0 Å². The van der Waals surface area contributed by atoms with Gasteiger partial charge in [-0.2, -0.15) is 0 Å². The van der Waals surface area contributed by atoms with Crippen molar-refractivity contribution >= 4 is 5.91 Å². The molecule has 3 heteroatoms. The quantitative estimate of drug-likeness (QED) is 0.839. The minimum absolute atomic E-state index is 0.232. The van der Waals surface area contributed by atoms with Gasteiger partial charge >= 0.3 is 0 Å². The molecule has 0 heterocycles. The summed E-state index contributed by atoms with van der Waals surface area (Å²) >= 11 is 0. The maximum absolute atomic E-state index is 12.8. The topological polar surface area (TPSA) is 46.3 Å². The molecule has 0 saturated heterocycles. The first-order valence-corrected chi connectivity index (χ1v) is 7.67. The van der Waals surface area contributed by atoms with Gasteiger partial charge in [0.1, 0.15) is 0 Å². The molecular weight excluding hydrogens is 224 g/mol. The van der Waals surface area contributed by atoms with Gasteiger partial charge in [0.2, 0.25) is 5.91 Å². The Morgan fingerprint density at radius 2 is 1.67 bits per heavy atom. The lowest BCUT2D eigenvalue weighted by molar-refractivity contribution is -0.145. The third-order valence-corrected chi connectivity index (χ3v) is 5.10. The van der Waals surface area contributed by atoms with Crippen LogP contribution in [0.2, 0.25) is 0 Å². The van der Waals surface area contributed by atoms with Gasteiger partial charge in [0.05, 0.1) is 5.41 Å². The Kier molecular flexibility index (Phi) is 4.66. The summed E-state index contributed by atoms with van der Waals surface area (Å²) in [6.07, 6.45) is 11.9. The van der Waals surface area contributed by atoms with Crippen molar-refractivity contribution in [1.29, 1.82) is 0 Å². The van der Waals surface area contributed by atoms with E-state index < -0.39 is 0 Å². The Morgan fingerprint density at radius 1 is 1.11 bits per heavy atom. The maximum Gasteiger partial charge on any atom is 0.230 e. The van der Waals surface area contributed by atoms with Crippen molar-refractivity contribution in [3.63, 3.8) is 0 Å². The fraction of sp³-hybridized carbons (Fsp3) is 0.933. The van der Waals surface area contributed by atoms with Crippen molar-refractivity contribution < 1.29 is 4.79 Å². The van der Waals surface area contributed by atoms with Crippen LogP contribution in [-0.4, -0.2) is 30.4 Å². The van der Waals surface area contributed by atoms with Gasteiger partial charge in [-0.25, -0.2) is 0 Å². The molecule has 0 radical (unpaired) electrons. The van der Waals surface area contributed by atoms with Gasteiger partial charge in [-0.3, -0.25) is 4.79 Å². The van der Waals surface area contributed by atoms with Crippen LogP contribution < -0.4 is 5.73 Å². The van der Waals surface area contributed by atoms with Crippen LogP contribution in [-0.2, 0) is 4.79 Å². The minimum atomic E-state index is -0.232. The SMILES string of the molecule is CN(C(=O)C1(CN)CCCCC1)C1CCCCC1. The van der Waals surface area contributed by atoms with Crippen LogP contribution in [0.15, 0.2) is 0 Å². The van der Waals surface area contributed by atoms with Crippen LogP contribution >= 0.6 is 0 Å². The Morgan fingerprint density at radius 3 is 2.22 bits per heavy atom. The van der Waals surface area contributed by atoms with E-state index in [4.69, 9.17) is 5.73 Å².